The molecule has 0 saturated carbocycles. The van der Waals surface area contributed by atoms with Gasteiger partial charge in [0.2, 0.25) is 0 Å². The predicted octanol–water partition coefficient (Wildman–Crippen LogP) is 2.03. The van der Waals surface area contributed by atoms with E-state index in [-0.39, 0.29) is 15.9 Å². The number of pyridine rings is 1. The zero-order valence-corrected chi connectivity index (χ0v) is 7.60. The molecule has 2 aromatic rings. The molecule has 14 heavy (non-hydrogen) atoms. The molecule has 0 aliphatic carbocycles. The molecule has 0 spiro atoms. The van der Waals surface area contributed by atoms with E-state index in [1.807, 2.05) is 0 Å². The third-order valence-corrected chi connectivity index (χ3v) is 2.19. The van der Waals surface area contributed by atoms with Gasteiger partial charge in [0.1, 0.15) is 11.6 Å². The fourth-order valence-corrected chi connectivity index (χ4v) is 1.48. The minimum Gasteiger partial charge on any atom is -0.507 e. The van der Waals surface area contributed by atoms with Crippen LogP contribution in [0.15, 0.2) is 23.0 Å². The second-order valence-corrected chi connectivity index (χ2v) is 3.21. The van der Waals surface area contributed by atoms with Crippen LogP contribution in [0.1, 0.15) is 0 Å². The first-order valence-corrected chi connectivity index (χ1v) is 4.17. The molecule has 3 nitrogen and oxygen atoms in total. The highest BCUT2D eigenvalue weighted by Gasteiger charge is 2.10. The van der Waals surface area contributed by atoms with Crippen LogP contribution in [-0.2, 0) is 0 Å². The van der Waals surface area contributed by atoms with Crippen molar-refractivity contribution in [3.8, 4) is 5.75 Å². The van der Waals surface area contributed by atoms with Crippen molar-refractivity contribution in [2.24, 2.45) is 0 Å². The lowest BCUT2D eigenvalue weighted by atomic mass is 10.2. The Kier molecular flexibility index (Phi) is 1.93. The topological polar surface area (TPSA) is 53.1 Å². The fraction of sp³-hybridized carbons (Fsp3) is 0. The second kappa shape index (κ2) is 2.99. The number of H-pyrrole nitrogens is 1. The van der Waals surface area contributed by atoms with Crippen LogP contribution in [0.25, 0.3) is 10.9 Å². The van der Waals surface area contributed by atoms with Crippen LogP contribution < -0.4 is 5.56 Å². The lowest BCUT2D eigenvalue weighted by molar-refractivity contribution is 0.477. The molecule has 0 unspecified atom stereocenters. The number of hydrogen-bond donors (Lipinski definition) is 2. The molecule has 72 valence electrons. The molecule has 0 atom stereocenters. The molecule has 0 saturated heterocycles. The summed E-state index contributed by atoms with van der Waals surface area (Å²) in [5, 5.41) is 9.46. The summed E-state index contributed by atoms with van der Waals surface area (Å²) in [4.78, 5) is 13.3. The number of nitrogens with one attached hydrogen (secondary N) is 1. The Hall–Kier alpha value is -1.55. The molecule has 1 heterocycles. The Balaban J connectivity index is 3.07. The summed E-state index contributed by atoms with van der Waals surface area (Å²) >= 11 is 5.73. The molecule has 1 aromatic carbocycles. The van der Waals surface area contributed by atoms with Gasteiger partial charge in [0.25, 0.3) is 5.56 Å². The van der Waals surface area contributed by atoms with Crippen molar-refractivity contribution in [2.45, 2.75) is 0 Å². The average molecular weight is 214 g/mol. The van der Waals surface area contributed by atoms with E-state index in [0.29, 0.717) is 0 Å². The van der Waals surface area contributed by atoms with Gasteiger partial charge in [0.15, 0.2) is 0 Å². The maximum Gasteiger partial charge on any atom is 0.252 e. The standard InChI is InChI=1S/C9H5ClFNO2/c10-4-1-2-5(11)8-6(13)3-7(14)12-9(4)8/h1-3H,(H2,12,13,14). The lowest BCUT2D eigenvalue weighted by Crippen LogP contribution is -2.04. The van der Waals surface area contributed by atoms with Crippen LogP contribution in [0.3, 0.4) is 0 Å². The van der Waals surface area contributed by atoms with Gasteiger partial charge in [-0.05, 0) is 12.1 Å². The van der Waals surface area contributed by atoms with Crippen molar-refractivity contribution in [1.82, 2.24) is 4.98 Å². The van der Waals surface area contributed by atoms with Crippen LogP contribution in [0, 0.1) is 5.82 Å². The highest BCUT2D eigenvalue weighted by molar-refractivity contribution is 6.35. The van der Waals surface area contributed by atoms with Crippen LogP contribution in [0.2, 0.25) is 5.02 Å². The Morgan fingerprint density at radius 3 is 2.86 bits per heavy atom. The van der Waals surface area contributed by atoms with Crippen molar-refractivity contribution in [2.75, 3.05) is 0 Å². The molecule has 0 radical (unpaired) electrons. The largest absolute Gasteiger partial charge is 0.507 e. The molecule has 1 aromatic heterocycles. The number of rotatable bonds is 0. The number of aromatic nitrogens is 1. The van der Waals surface area contributed by atoms with Crippen LogP contribution in [-0.4, -0.2) is 10.1 Å². The van der Waals surface area contributed by atoms with Crippen LogP contribution >= 0.6 is 11.6 Å². The summed E-state index contributed by atoms with van der Waals surface area (Å²) in [6, 6.07) is 3.35. The van der Waals surface area contributed by atoms with Gasteiger partial charge in [-0.25, -0.2) is 4.39 Å². The molecule has 5 heteroatoms. The summed E-state index contributed by atoms with van der Waals surface area (Å²) in [6.07, 6.45) is 0. The smallest absolute Gasteiger partial charge is 0.252 e. The van der Waals surface area contributed by atoms with E-state index < -0.39 is 17.1 Å². The minimum atomic E-state index is -0.627. The van der Waals surface area contributed by atoms with Gasteiger partial charge >= 0.3 is 0 Å². The molecule has 0 aliphatic rings. The Labute approximate surface area is 82.8 Å². The fourth-order valence-electron chi connectivity index (χ4n) is 1.28. The summed E-state index contributed by atoms with van der Waals surface area (Å²) in [5.41, 5.74) is -0.417. The van der Waals surface area contributed by atoms with E-state index in [9.17, 15) is 14.3 Å². The number of halogens is 2. The van der Waals surface area contributed by atoms with Crippen molar-refractivity contribution >= 4 is 22.5 Å². The third-order valence-electron chi connectivity index (χ3n) is 1.88. The van der Waals surface area contributed by atoms with Crippen molar-refractivity contribution < 1.29 is 9.50 Å². The third kappa shape index (κ3) is 1.24. The zero-order chi connectivity index (χ0) is 10.3. The van der Waals surface area contributed by atoms with E-state index in [0.717, 1.165) is 12.1 Å². The Bertz CT molecular complexity index is 564. The van der Waals surface area contributed by atoms with Gasteiger partial charge in [0, 0.05) is 6.07 Å². The van der Waals surface area contributed by atoms with Crippen molar-refractivity contribution in [3.63, 3.8) is 0 Å². The SMILES string of the molecule is O=c1cc(O)c2c(F)ccc(Cl)c2[nH]1. The van der Waals surface area contributed by atoms with Crippen LogP contribution in [0.4, 0.5) is 4.39 Å². The molecule has 0 amide bonds. The van der Waals surface area contributed by atoms with Crippen LogP contribution in [0.5, 0.6) is 5.75 Å². The second-order valence-electron chi connectivity index (χ2n) is 2.80. The van der Waals surface area contributed by atoms with Gasteiger partial charge in [-0.15, -0.1) is 0 Å². The number of aromatic hydroxyl groups is 1. The number of fused-ring (bicyclic) bond motifs is 1. The number of benzene rings is 1. The highest BCUT2D eigenvalue weighted by Crippen LogP contribution is 2.28. The molecule has 0 aliphatic heterocycles. The normalized spacial score (nSPS) is 10.7. The minimum absolute atomic E-state index is 0.0721. The Morgan fingerprint density at radius 2 is 2.14 bits per heavy atom. The van der Waals surface area contributed by atoms with Gasteiger partial charge in [0.05, 0.1) is 15.9 Å². The van der Waals surface area contributed by atoms with E-state index in [4.69, 9.17) is 11.6 Å². The van der Waals surface area contributed by atoms with Gasteiger partial charge < -0.3 is 10.1 Å². The monoisotopic (exact) mass is 213 g/mol. The maximum atomic E-state index is 13.2. The molecular weight excluding hydrogens is 209 g/mol. The summed E-state index contributed by atoms with van der Waals surface area (Å²) in [6.45, 7) is 0. The first-order chi connectivity index (χ1) is 6.59. The van der Waals surface area contributed by atoms with Gasteiger partial charge in [-0.1, -0.05) is 11.6 Å². The zero-order valence-electron chi connectivity index (χ0n) is 6.84. The summed E-state index contributed by atoms with van der Waals surface area (Å²) in [7, 11) is 0. The van der Waals surface area contributed by atoms with E-state index >= 15 is 0 Å². The Morgan fingerprint density at radius 1 is 1.43 bits per heavy atom. The van der Waals surface area contributed by atoms with E-state index in [1.165, 1.54) is 6.07 Å². The maximum absolute atomic E-state index is 13.2. The summed E-state index contributed by atoms with van der Waals surface area (Å²) in [5.74, 6) is -1.04. The van der Waals surface area contributed by atoms with Gasteiger partial charge in [-0.3, -0.25) is 4.79 Å². The quantitative estimate of drug-likeness (QED) is 0.704. The highest BCUT2D eigenvalue weighted by atomic mass is 35.5. The molecule has 2 rings (SSSR count). The molecule has 0 bridgehead atoms. The number of aromatic amines is 1. The lowest BCUT2D eigenvalue weighted by Gasteiger charge is -2.02. The molecule has 0 fully saturated rings. The molecule has 2 N–H and O–H groups in total. The predicted molar refractivity (Wildman–Crippen MR) is 51.2 cm³/mol. The summed E-state index contributed by atoms with van der Waals surface area (Å²) < 4.78 is 13.2. The van der Waals surface area contributed by atoms with Crippen molar-refractivity contribution in [3.05, 3.63) is 39.4 Å². The van der Waals surface area contributed by atoms with Crippen molar-refractivity contribution in [1.29, 1.82) is 0 Å². The van der Waals surface area contributed by atoms with Gasteiger partial charge in [-0.2, -0.15) is 0 Å². The number of hydrogen-bond acceptors (Lipinski definition) is 2. The first-order valence-electron chi connectivity index (χ1n) is 3.79. The van der Waals surface area contributed by atoms with E-state index in [1.54, 1.807) is 0 Å². The first kappa shape index (κ1) is 9.02. The molecular formula is C9H5ClFNO2. The van der Waals surface area contributed by atoms with E-state index in [2.05, 4.69) is 4.98 Å². The average Bonchev–Trinajstić information content (AvgIpc) is 2.10.